The van der Waals surface area contributed by atoms with Gasteiger partial charge in [-0.15, -0.1) is 0 Å². The monoisotopic (exact) mass is 540 g/mol. The van der Waals surface area contributed by atoms with Gasteiger partial charge in [-0.1, -0.05) is 6.07 Å². The molecule has 9 heteroatoms. The first-order valence-electron chi connectivity index (χ1n) is 13.0. The zero-order valence-corrected chi connectivity index (χ0v) is 23.3. The van der Waals surface area contributed by atoms with Gasteiger partial charge in [0.25, 0.3) is 0 Å². The molecule has 2 atom stereocenters. The van der Waals surface area contributed by atoms with Gasteiger partial charge in [-0.25, -0.2) is 18.1 Å². The van der Waals surface area contributed by atoms with Crippen molar-refractivity contribution in [2.75, 3.05) is 51.5 Å². The second-order valence-electron chi connectivity index (χ2n) is 11.6. The maximum atomic E-state index is 15.7. The van der Waals surface area contributed by atoms with Crippen LogP contribution in [0, 0.1) is 11.6 Å². The first-order chi connectivity index (χ1) is 17.3. The molecule has 2 N–H and O–H groups in total. The van der Waals surface area contributed by atoms with E-state index in [1.54, 1.807) is 0 Å². The third-order valence-corrected chi connectivity index (χ3v) is 8.86. The maximum absolute atomic E-state index is 15.7. The molecule has 0 saturated carbocycles. The smallest absolute Gasteiger partial charge is 0.168 e. The van der Waals surface area contributed by atoms with Crippen LogP contribution in [-0.2, 0) is 6.42 Å². The highest BCUT2D eigenvalue weighted by molar-refractivity contribution is 7.76. The van der Waals surface area contributed by atoms with E-state index in [9.17, 15) is 13.7 Å². The fraction of sp³-hybridized carbons (Fsp3) is 0.571. The van der Waals surface area contributed by atoms with Crippen LogP contribution in [0.2, 0.25) is 0 Å². The highest BCUT2D eigenvalue weighted by Crippen LogP contribution is 2.47. The first kappa shape index (κ1) is 28.3. The third-order valence-electron chi connectivity index (χ3n) is 7.31. The van der Waals surface area contributed by atoms with Crippen LogP contribution in [-0.4, -0.2) is 78.6 Å². The van der Waals surface area contributed by atoms with E-state index in [1.165, 1.54) is 26.0 Å². The summed E-state index contributed by atoms with van der Waals surface area (Å²) in [5.74, 6) is -1.36. The molecule has 2 aliphatic rings. The zero-order chi connectivity index (χ0) is 27.1. The van der Waals surface area contributed by atoms with Gasteiger partial charge < -0.3 is 5.32 Å². The summed E-state index contributed by atoms with van der Waals surface area (Å²) >= 11 is 0. The van der Waals surface area contributed by atoms with Gasteiger partial charge in [-0.05, 0) is 69.0 Å². The van der Waals surface area contributed by atoms with Crippen LogP contribution < -0.4 is 10.6 Å². The van der Waals surface area contributed by atoms with E-state index in [1.807, 2.05) is 43.4 Å². The lowest BCUT2D eigenvalue weighted by Crippen LogP contribution is -2.54. The Balaban J connectivity index is 1.68. The van der Waals surface area contributed by atoms with E-state index >= 15 is 8.78 Å². The lowest BCUT2D eigenvalue weighted by atomic mass is 9.84. The molecule has 0 aromatic heterocycles. The normalized spacial score (nSPS) is 21.6. The summed E-state index contributed by atoms with van der Waals surface area (Å²) in [6, 6.07) is 7.33. The number of hydrogen-bond donors (Lipinski definition) is 2. The molecule has 0 bridgehead atoms. The molecule has 1 fully saturated rings. The number of halogens is 4. The van der Waals surface area contributed by atoms with Crippen molar-refractivity contribution in [3.05, 3.63) is 58.7 Å². The van der Waals surface area contributed by atoms with Crippen molar-refractivity contribution in [1.29, 1.82) is 0 Å². The van der Waals surface area contributed by atoms with E-state index in [4.69, 9.17) is 0 Å². The Morgan fingerprint density at radius 2 is 1.76 bits per heavy atom. The number of nitrogens with one attached hydrogen (secondary N) is 1. The fourth-order valence-corrected chi connectivity index (χ4v) is 6.45. The van der Waals surface area contributed by atoms with Gasteiger partial charge in [-0.2, -0.15) is 0 Å². The minimum absolute atomic E-state index is 0.0220. The van der Waals surface area contributed by atoms with E-state index in [-0.39, 0.29) is 30.9 Å². The summed E-state index contributed by atoms with van der Waals surface area (Å²) in [4.78, 5) is 14.6. The zero-order valence-electron chi connectivity index (χ0n) is 22.4. The number of benzene rings is 2. The number of fused-ring (bicyclic) bond motifs is 1. The van der Waals surface area contributed by atoms with Crippen molar-refractivity contribution in [3.63, 3.8) is 0 Å². The number of likely N-dealkylation sites (tertiary alicyclic amines) is 1. The van der Waals surface area contributed by atoms with Crippen molar-refractivity contribution in [1.82, 2.24) is 9.80 Å². The quantitative estimate of drug-likeness (QED) is 0.334. The van der Waals surface area contributed by atoms with Crippen molar-refractivity contribution in [3.8, 4) is 0 Å². The van der Waals surface area contributed by atoms with Crippen molar-refractivity contribution in [2.24, 2.45) is 0 Å². The number of anilines is 1. The Hall–Kier alpha value is -1.73. The molecule has 0 radical (unpaired) electrons. The van der Waals surface area contributed by atoms with Crippen molar-refractivity contribution < 1.29 is 22.5 Å². The lowest BCUT2D eigenvalue weighted by molar-refractivity contribution is 0.0653. The molecule has 2 heterocycles. The Bertz CT molecular complexity index is 1090. The number of nitrogens with zero attached hydrogens (tertiary/aromatic N) is 2. The minimum atomic E-state index is -2.27. The standard InChI is InChI=1S/C28H39F4N3OP/c1-18-11-19-12-22(37(4,5)36)7-8-23(19)27(35(18)17-28(2,3)32)26-24(30)13-20(14-25(26)31)33-21-15-34(16-21)10-6-9-29/h7-8,12-14,18,21,27,33,36H,6,9-11,15-17H2,1-5H3/q+1/t18-,27+/m1/s1. The molecule has 2 aromatic carbocycles. The molecule has 2 aliphatic heterocycles. The molecule has 2 aromatic rings. The van der Waals surface area contributed by atoms with Gasteiger partial charge in [0.05, 0.1) is 32.1 Å². The second-order valence-corrected chi connectivity index (χ2v) is 14.9. The Kier molecular flexibility index (Phi) is 8.25. The second kappa shape index (κ2) is 10.8. The summed E-state index contributed by atoms with van der Waals surface area (Å²) in [7, 11) is -2.27. The summed E-state index contributed by atoms with van der Waals surface area (Å²) in [6.07, 6.45) is 1.08. The highest BCUT2D eigenvalue weighted by Gasteiger charge is 2.40. The molecular formula is C28H39F4N3OP+. The number of rotatable bonds is 9. The van der Waals surface area contributed by atoms with Crippen LogP contribution in [0.15, 0.2) is 30.3 Å². The van der Waals surface area contributed by atoms with Gasteiger partial charge >= 0.3 is 0 Å². The van der Waals surface area contributed by atoms with Crippen molar-refractivity contribution >= 4 is 18.5 Å². The maximum Gasteiger partial charge on any atom is 0.168 e. The van der Waals surface area contributed by atoms with Gasteiger partial charge in [0.15, 0.2) is 7.49 Å². The van der Waals surface area contributed by atoms with Crippen LogP contribution in [0.25, 0.3) is 0 Å². The van der Waals surface area contributed by atoms with Crippen LogP contribution >= 0.6 is 7.49 Å². The van der Waals surface area contributed by atoms with Crippen LogP contribution in [0.4, 0.5) is 23.2 Å². The molecule has 1 saturated heterocycles. The molecule has 0 aliphatic carbocycles. The number of hydrogen-bond acceptors (Lipinski definition) is 4. The summed E-state index contributed by atoms with van der Waals surface area (Å²) in [6.45, 7) is 10.3. The molecular weight excluding hydrogens is 501 g/mol. The molecule has 0 amide bonds. The number of alkyl halides is 2. The predicted octanol–water partition coefficient (Wildman–Crippen LogP) is 5.31. The average Bonchev–Trinajstić information content (AvgIpc) is 2.74. The summed E-state index contributed by atoms with van der Waals surface area (Å²) < 4.78 is 58.7. The third kappa shape index (κ3) is 6.47. The lowest BCUT2D eigenvalue weighted by Gasteiger charge is -2.44. The fourth-order valence-electron chi connectivity index (χ4n) is 5.54. The Morgan fingerprint density at radius 3 is 2.32 bits per heavy atom. The van der Waals surface area contributed by atoms with Gasteiger partial charge in [0, 0.05) is 43.5 Å². The summed E-state index contributed by atoms with van der Waals surface area (Å²) in [5, 5.41) is 4.02. The van der Waals surface area contributed by atoms with E-state index in [0.29, 0.717) is 38.2 Å². The molecule has 204 valence electrons. The predicted molar refractivity (Wildman–Crippen MR) is 145 cm³/mol. The minimum Gasteiger partial charge on any atom is -0.380 e. The molecule has 0 unspecified atom stereocenters. The molecule has 0 spiro atoms. The van der Waals surface area contributed by atoms with E-state index in [2.05, 4.69) is 10.2 Å². The van der Waals surface area contributed by atoms with Gasteiger partial charge in [0.1, 0.15) is 22.6 Å². The Labute approximate surface area is 218 Å². The van der Waals surface area contributed by atoms with Crippen LogP contribution in [0.3, 0.4) is 0 Å². The van der Waals surface area contributed by atoms with Crippen molar-refractivity contribution in [2.45, 2.75) is 57.4 Å². The molecule has 4 nitrogen and oxygen atoms in total. The first-order valence-corrected chi connectivity index (χ1v) is 15.6. The van der Waals surface area contributed by atoms with Crippen LogP contribution in [0.1, 0.15) is 49.9 Å². The molecule has 37 heavy (non-hydrogen) atoms. The topological polar surface area (TPSA) is 38.7 Å². The summed E-state index contributed by atoms with van der Waals surface area (Å²) in [5.41, 5.74) is 0.369. The molecule has 4 rings (SSSR count). The van der Waals surface area contributed by atoms with Gasteiger partial charge in [0.2, 0.25) is 0 Å². The van der Waals surface area contributed by atoms with E-state index < -0.39 is 30.8 Å². The van der Waals surface area contributed by atoms with E-state index in [0.717, 1.165) is 16.4 Å². The Morgan fingerprint density at radius 1 is 1.11 bits per heavy atom. The largest absolute Gasteiger partial charge is 0.380 e. The van der Waals surface area contributed by atoms with Gasteiger partial charge in [-0.3, -0.25) is 14.2 Å². The average molecular weight is 541 g/mol. The SMILES string of the molecule is C[C@@H]1Cc2cc([P+](C)(C)O)ccc2[C@@H](c2c(F)cc(NC3CN(CCCF)C3)cc2F)N1CC(C)(C)F. The highest BCUT2D eigenvalue weighted by atomic mass is 31.2. The van der Waals surface area contributed by atoms with Crippen LogP contribution in [0.5, 0.6) is 0 Å².